The number of rotatable bonds is 12. The third-order valence-electron chi connectivity index (χ3n) is 12.1. The summed E-state index contributed by atoms with van der Waals surface area (Å²) >= 11 is 0. The van der Waals surface area contributed by atoms with Crippen molar-refractivity contribution in [3.63, 3.8) is 0 Å². The van der Waals surface area contributed by atoms with Crippen LogP contribution in [0.1, 0.15) is 97.9 Å². The van der Waals surface area contributed by atoms with E-state index in [2.05, 4.69) is 15.3 Å². The first-order valence-electron chi connectivity index (χ1n) is 20.1. The second-order valence-electron chi connectivity index (χ2n) is 16.1. The van der Waals surface area contributed by atoms with Crippen molar-refractivity contribution in [3.8, 4) is 0 Å². The van der Waals surface area contributed by atoms with E-state index >= 15 is 0 Å². The Morgan fingerprint density at radius 3 is 2.33 bits per heavy atom. The molecule has 3 aliphatic rings. The maximum atomic E-state index is 14.6. The molecule has 0 unspecified atom stereocenters. The molecule has 0 aromatic heterocycles. The molecule has 16 heteroatoms. The number of amides is 1. The number of hydrogen-bond acceptors (Lipinski definition) is 13. The minimum Gasteiger partial charge on any atom is -0.458 e. The van der Waals surface area contributed by atoms with E-state index < -0.39 is 95.4 Å². The number of Topliss-reactive ketones (excluding diaryl/α,β-unsaturated/α-hetero) is 2. The quantitative estimate of drug-likeness (QED) is 0.0507. The van der Waals surface area contributed by atoms with Crippen LogP contribution in [0.3, 0.4) is 0 Å². The van der Waals surface area contributed by atoms with Crippen LogP contribution in [0, 0.1) is 23.7 Å². The SMILES string of the molecule is CC[C@H]1OC(=O)[C@H](C)C(=O)[C@H](C)[C@@H](O[C@@H]2O[C@H](C)C[C@H](NC)[C@H]2OC(=O)c2ccccc2)[C@@](C)(OC)C[C@@H](C)C(=O)[C@H](C)[C@H]2N(CCCCN=[N+]=[N-])C(=O)O[C@]12C. The Morgan fingerprint density at radius 1 is 1.04 bits per heavy atom. The van der Waals surface area contributed by atoms with E-state index in [1.54, 1.807) is 78.9 Å². The van der Waals surface area contributed by atoms with Crippen LogP contribution in [0.2, 0.25) is 0 Å². The first kappa shape index (κ1) is 45.6. The molecule has 0 radical (unpaired) electrons. The lowest BCUT2D eigenvalue weighted by Gasteiger charge is -2.47. The van der Waals surface area contributed by atoms with Crippen LogP contribution < -0.4 is 5.32 Å². The highest BCUT2D eigenvalue weighted by atomic mass is 16.7. The number of fused-ring (bicyclic) bond motifs is 1. The van der Waals surface area contributed by atoms with E-state index in [4.69, 9.17) is 34.0 Å². The fraction of sp³-hybridized carbons (Fsp3) is 0.732. The number of ether oxygens (including phenoxy) is 6. The van der Waals surface area contributed by atoms with Crippen LogP contribution in [-0.4, -0.2) is 116 Å². The molecule has 1 N–H and O–H groups in total. The molecule has 13 atom stereocenters. The Hall–Kier alpha value is -4.08. The molecule has 3 aliphatic heterocycles. The number of carbonyl (C=O) groups is 5. The average Bonchev–Trinajstić information content (AvgIpc) is 3.46. The molecule has 57 heavy (non-hydrogen) atoms. The molecule has 3 fully saturated rings. The van der Waals surface area contributed by atoms with E-state index in [0.29, 0.717) is 24.8 Å². The van der Waals surface area contributed by atoms with Gasteiger partial charge in [-0.3, -0.25) is 14.4 Å². The zero-order chi connectivity index (χ0) is 42.2. The highest BCUT2D eigenvalue weighted by Gasteiger charge is 2.60. The van der Waals surface area contributed by atoms with Gasteiger partial charge in [0.25, 0.3) is 0 Å². The van der Waals surface area contributed by atoms with Crippen molar-refractivity contribution in [2.75, 3.05) is 27.2 Å². The fourth-order valence-electron chi connectivity index (χ4n) is 8.90. The van der Waals surface area contributed by atoms with Gasteiger partial charge >= 0.3 is 18.0 Å². The highest BCUT2D eigenvalue weighted by Crippen LogP contribution is 2.43. The second kappa shape index (κ2) is 19.6. The average molecular weight is 800 g/mol. The number of azide groups is 1. The normalized spacial score (nSPS) is 36.7. The molecule has 316 valence electrons. The standard InChI is InChI=1S/C41H61N5O11/c1-11-30-41(8)34(46(39(51)57-41)20-16-15-19-44-45-42)25(4)31(47)23(2)22-40(7,52-10)35(26(5)32(48)27(6)36(49)54-30)56-38-33(29(43-9)21-24(3)53-38)55-37(50)28-17-13-12-14-18-28/h12-14,17-18,23-27,29-30,33-35,38,43H,11,15-16,19-22H2,1-10H3/t23-,24-,25+,26+,27-,29+,30-,33-,34-,35-,38+,40+,41-/m1/s1. The Morgan fingerprint density at radius 2 is 1.72 bits per heavy atom. The highest BCUT2D eigenvalue weighted by molar-refractivity contribution is 6.00. The smallest absolute Gasteiger partial charge is 0.410 e. The van der Waals surface area contributed by atoms with E-state index in [1.807, 2.05) is 6.92 Å². The van der Waals surface area contributed by atoms with Gasteiger partial charge in [-0.15, -0.1) is 0 Å². The molecule has 16 nitrogen and oxygen atoms in total. The predicted molar refractivity (Wildman–Crippen MR) is 208 cm³/mol. The van der Waals surface area contributed by atoms with Crippen LogP contribution in [0.15, 0.2) is 35.4 Å². The van der Waals surface area contributed by atoms with Crippen molar-refractivity contribution in [1.29, 1.82) is 0 Å². The summed E-state index contributed by atoms with van der Waals surface area (Å²) in [5.41, 5.74) is 6.26. The summed E-state index contributed by atoms with van der Waals surface area (Å²) < 4.78 is 37.5. The maximum absolute atomic E-state index is 14.6. The van der Waals surface area contributed by atoms with E-state index in [0.717, 1.165) is 0 Å². The maximum Gasteiger partial charge on any atom is 0.410 e. The third-order valence-corrected chi connectivity index (χ3v) is 12.1. The Labute approximate surface area is 335 Å². The van der Waals surface area contributed by atoms with Crippen molar-refractivity contribution in [1.82, 2.24) is 10.2 Å². The van der Waals surface area contributed by atoms with Crippen molar-refractivity contribution in [2.24, 2.45) is 28.8 Å². The summed E-state index contributed by atoms with van der Waals surface area (Å²) in [5, 5.41) is 6.81. The van der Waals surface area contributed by atoms with Gasteiger partial charge in [-0.2, -0.15) is 0 Å². The summed E-state index contributed by atoms with van der Waals surface area (Å²) in [4.78, 5) is 74.4. The number of benzene rings is 1. The van der Waals surface area contributed by atoms with Crippen molar-refractivity contribution in [3.05, 3.63) is 46.3 Å². The minimum atomic E-state index is -1.44. The summed E-state index contributed by atoms with van der Waals surface area (Å²) in [6.07, 6.45) is -3.51. The lowest BCUT2D eigenvalue weighted by atomic mass is 9.73. The summed E-state index contributed by atoms with van der Waals surface area (Å²) in [6, 6.07) is 7.30. The minimum absolute atomic E-state index is 0.0710. The van der Waals surface area contributed by atoms with Gasteiger partial charge in [-0.1, -0.05) is 51.0 Å². The molecule has 4 rings (SSSR count). The predicted octanol–water partition coefficient (Wildman–Crippen LogP) is 5.80. The lowest BCUT2D eigenvalue weighted by molar-refractivity contribution is -0.289. The summed E-state index contributed by atoms with van der Waals surface area (Å²) in [7, 11) is 3.22. The molecular formula is C41H61N5O11. The first-order chi connectivity index (χ1) is 27.0. The third kappa shape index (κ3) is 9.97. The fourth-order valence-corrected chi connectivity index (χ4v) is 8.90. The van der Waals surface area contributed by atoms with Gasteiger partial charge in [-0.05, 0) is 84.5 Å². The van der Waals surface area contributed by atoms with E-state index in [9.17, 15) is 24.0 Å². The van der Waals surface area contributed by atoms with Crippen molar-refractivity contribution >= 4 is 29.6 Å². The monoisotopic (exact) mass is 799 g/mol. The van der Waals surface area contributed by atoms with Gasteiger partial charge in [0.1, 0.15) is 17.8 Å². The number of carbonyl (C=O) groups excluding carboxylic acids is 5. The topological polar surface area (TPSA) is 205 Å². The second-order valence-corrected chi connectivity index (χ2v) is 16.1. The molecule has 0 saturated carbocycles. The van der Waals surface area contributed by atoms with Crippen LogP contribution in [0.25, 0.3) is 10.4 Å². The van der Waals surface area contributed by atoms with Crippen LogP contribution >= 0.6 is 0 Å². The number of nitrogens with one attached hydrogen (secondary N) is 1. The number of likely N-dealkylation sites (N-methyl/N-ethyl adjacent to an activating group) is 1. The van der Waals surface area contributed by atoms with Gasteiger partial charge in [0.05, 0.1) is 35.5 Å². The number of esters is 2. The molecule has 1 aromatic rings. The Kier molecular flexibility index (Phi) is 15.7. The van der Waals surface area contributed by atoms with Gasteiger partial charge < -0.3 is 38.6 Å². The van der Waals surface area contributed by atoms with Gasteiger partial charge in [0.2, 0.25) is 0 Å². The number of nitrogens with zero attached hydrogens (tertiary/aromatic N) is 4. The molecule has 3 heterocycles. The molecule has 3 saturated heterocycles. The van der Waals surface area contributed by atoms with E-state index in [-0.39, 0.29) is 37.8 Å². The summed E-state index contributed by atoms with van der Waals surface area (Å²) in [6.45, 7) is 14.1. The number of ketones is 2. The Balaban J connectivity index is 1.77. The zero-order valence-corrected chi connectivity index (χ0v) is 35.0. The molecule has 0 spiro atoms. The zero-order valence-electron chi connectivity index (χ0n) is 35.0. The van der Waals surface area contributed by atoms with Gasteiger partial charge in [-0.25, -0.2) is 9.59 Å². The molecule has 0 aliphatic carbocycles. The van der Waals surface area contributed by atoms with Gasteiger partial charge in [0.15, 0.2) is 23.8 Å². The Bertz CT molecular complexity index is 1640. The molecule has 0 bridgehead atoms. The first-order valence-corrected chi connectivity index (χ1v) is 20.1. The number of hydrogen-bond donors (Lipinski definition) is 1. The van der Waals surface area contributed by atoms with Crippen molar-refractivity contribution < 1.29 is 52.4 Å². The largest absolute Gasteiger partial charge is 0.458 e. The molecular weight excluding hydrogens is 738 g/mol. The van der Waals surface area contributed by atoms with Crippen molar-refractivity contribution in [2.45, 2.75) is 141 Å². The lowest BCUT2D eigenvalue weighted by Crippen LogP contribution is -2.61. The van der Waals surface area contributed by atoms with Crippen LogP contribution in [0.5, 0.6) is 0 Å². The number of methoxy groups -OCH3 is 1. The van der Waals surface area contributed by atoms with Gasteiger partial charge in [0, 0.05) is 42.9 Å². The van der Waals surface area contributed by atoms with E-state index in [1.165, 1.54) is 18.9 Å². The van der Waals surface area contributed by atoms with Crippen LogP contribution in [0.4, 0.5) is 4.79 Å². The van der Waals surface area contributed by atoms with Crippen LogP contribution in [-0.2, 0) is 42.8 Å². The molecule has 1 amide bonds. The number of cyclic esters (lactones) is 1. The molecule has 1 aromatic carbocycles. The number of unbranched alkanes of at least 4 members (excludes halogenated alkanes) is 1. The summed E-state index contributed by atoms with van der Waals surface area (Å²) in [5.74, 6) is -5.92.